The Morgan fingerprint density at radius 1 is 1.35 bits per heavy atom. The first-order valence-corrected chi connectivity index (χ1v) is 6.41. The molecule has 0 fully saturated rings. The summed E-state index contributed by atoms with van der Waals surface area (Å²) in [6, 6.07) is 6.62. The summed E-state index contributed by atoms with van der Waals surface area (Å²) in [5.41, 5.74) is 0.495. The minimum Gasteiger partial charge on any atom is -0.453 e. The van der Waals surface area contributed by atoms with E-state index in [4.69, 9.17) is 4.74 Å². The van der Waals surface area contributed by atoms with Crippen molar-refractivity contribution in [2.45, 2.75) is 26.8 Å². The standard InChI is InChI=1S/C14H20N2O4/c1-5-16(10(2)3)14(18)20-12-8-6-7-11(9-12)15-13(17)19-4/h6-10H,5H2,1-4H3,(H,15,17). The zero-order chi connectivity index (χ0) is 15.1. The summed E-state index contributed by atoms with van der Waals surface area (Å²) in [5.74, 6) is 0.364. The summed E-state index contributed by atoms with van der Waals surface area (Å²) in [7, 11) is 1.28. The molecular formula is C14H20N2O4. The molecule has 1 N–H and O–H groups in total. The molecule has 0 spiro atoms. The topological polar surface area (TPSA) is 67.9 Å². The van der Waals surface area contributed by atoms with E-state index in [0.717, 1.165) is 0 Å². The molecule has 1 aromatic rings. The summed E-state index contributed by atoms with van der Waals surface area (Å²) < 4.78 is 9.78. The number of ether oxygens (including phenoxy) is 2. The first-order valence-electron chi connectivity index (χ1n) is 6.41. The number of nitrogens with one attached hydrogen (secondary N) is 1. The van der Waals surface area contributed by atoms with Crippen LogP contribution in [0.25, 0.3) is 0 Å². The maximum Gasteiger partial charge on any atom is 0.415 e. The Morgan fingerprint density at radius 2 is 2.05 bits per heavy atom. The fourth-order valence-corrected chi connectivity index (χ4v) is 1.67. The van der Waals surface area contributed by atoms with Crippen molar-refractivity contribution in [3.8, 4) is 5.75 Å². The van der Waals surface area contributed by atoms with E-state index in [1.807, 2.05) is 20.8 Å². The molecule has 0 unspecified atom stereocenters. The lowest BCUT2D eigenvalue weighted by Crippen LogP contribution is -2.38. The second-order valence-electron chi connectivity index (χ2n) is 4.39. The van der Waals surface area contributed by atoms with Crippen LogP contribution in [0.4, 0.5) is 15.3 Å². The maximum atomic E-state index is 12.0. The van der Waals surface area contributed by atoms with Crippen LogP contribution in [0.2, 0.25) is 0 Å². The number of carbonyl (C=O) groups is 2. The molecular weight excluding hydrogens is 260 g/mol. The molecule has 0 saturated carbocycles. The molecule has 0 aromatic heterocycles. The SMILES string of the molecule is CCN(C(=O)Oc1cccc(NC(=O)OC)c1)C(C)C. The fraction of sp³-hybridized carbons (Fsp3) is 0.429. The molecule has 110 valence electrons. The molecule has 0 aliphatic carbocycles. The van der Waals surface area contributed by atoms with Crippen LogP contribution in [0, 0.1) is 0 Å². The van der Waals surface area contributed by atoms with Crippen LogP contribution in [0.5, 0.6) is 5.75 Å². The highest BCUT2D eigenvalue weighted by Crippen LogP contribution is 2.18. The lowest BCUT2D eigenvalue weighted by atomic mass is 10.3. The zero-order valence-electron chi connectivity index (χ0n) is 12.2. The van der Waals surface area contributed by atoms with Gasteiger partial charge in [0.25, 0.3) is 0 Å². The van der Waals surface area contributed by atoms with Gasteiger partial charge in [0, 0.05) is 24.3 Å². The number of benzene rings is 1. The number of carbonyl (C=O) groups excluding carboxylic acids is 2. The molecule has 1 rings (SSSR count). The number of hydrogen-bond donors (Lipinski definition) is 1. The number of nitrogens with zero attached hydrogens (tertiary/aromatic N) is 1. The van der Waals surface area contributed by atoms with E-state index in [1.54, 1.807) is 29.2 Å². The molecule has 2 amide bonds. The van der Waals surface area contributed by atoms with Crippen molar-refractivity contribution in [1.82, 2.24) is 4.90 Å². The first kappa shape index (κ1) is 15.8. The third-order valence-electron chi connectivity index (χ3n) is 2.67. The molecule has 6 heteroatoms. The molecule has 0 saturated heterocycles. The predicted octanol–water partition coefficient (Wildman–Crippen LogP) is 3.09. The van der Waals surface area contributed by atoms with Crippen molar-refractivity contribution in [2.24, 2.45) is 0 Å². The van der Waals surface area contributed by atoms with Crippen LogP contribution in [-0.4, -0.2) is 36.8 Å². The number of rotatable bonds is 4. The first-order chi connectivity index (χ1) is 9.47. The van der Waals surface area contributed by atoms with E-state index in [9.17, 15) is 9.59 Å². The predicted molar refractivity (Wildman–Crippen MR) is 76.0 cm³/mol. The van der Waals surface area contributed by atoms with E-state index in [2.05, 4.69) is 10.1 Å². The number of anilines is 1. The van der Waals surface area contributed by atoms with Crippen LogP contribution in [0.15, 0.2) is 24.3 Å². The number of hydrogen-bond acceptors (Lipinski definition) is 4. The van der Waals surface area contributed by atoms with Gasteiger partial charge in [-0.2, -0.15) is 0 Å². The number of amides is 2. The van der Waals surface area contributed by atoms with Crippen LogP contribution in [-0.2, 0) is 4.74 Å². The quantitative estimate of drug-likeness (QED) is 0.920. The monoisotopic (exact) mass is 280 g/mol. The van der Waals surface area contributed by atoms with Gasteiger partial charge in [-0.3, -0.25) is 5.32 Å². The summed E-state index contributed by atoms with van der Waals surface area (Å²) in [5, 5.41) is 2.51. The van der Waals surface area contributed by atoms with Gasteiger partial charge in [-0.15, -0.1) is 0 Å². The minimum absolute atomic E-state index is 0.0591. The maximum absolute atomic E-state index is 12.0. The van der Waals surface area contributed by atoms with Crippen molar-refractivity contribution in [2.75, 3.05) is 19.0 Å². The van der Waals surface area contributed by atoms with E-state index in [-0.39, 0.29) is 6.04 Å². The van der Waals surface area contributed by atoms with Gasteiger partial charge in [-0.05, 0) is 32.9 Å². The molecule has 0 heterocycles. The Balaban J connectivity index is 2.75. The molecule has 0 radical (unpaired) electrons. The van der Waals surface area contributed by atoms with Crippen molar-refractivity contribution in [1.29, 1.82) is 0 Å². The molecule has 6 nitrogen and oxygen atoms in total. The van der Waals surface area contributed by atoms with Gasteiger partial charge >= 0.3 is 12.2 Å². The van der Waals surface area contributed by atoms with E-state index in [0.29, 0.717) is 18.0 Å². The zero-order valence-corrected chi connectivity index (χ0v) is 12.2. The largest absolute Gasteiger partial charge is 0.453 e. The summed E-state index contributed by atoms with van der Waals surface area (Å²) >= 11 is 0. The van der Waals surface area contributed by atoms with Crippen molar-refractivity contribution in [3.05, 3.63) is 24.3 Å². The average molecular weight is 280 g/mol. The average Bonchev–Trinajstić information content (AvgIpc) is 2.39. The van der Waals surface area contributed by atoms with Gasteiger partial charge in [-0.25, -0.2) is 9.59 Å². The van der Waals surface area contributed by atoms with E-state index in [1.165, 1.54) is 7.11 Å². The third-order valence-corrected chi connectivity index (χ3v) is 2.67. The van der Waals surface area contributed by atoms with Gasteiger partial charge < -0.3 is 14.4 Å². The summed E-state index contributed by atoms with van der Waals surface area (Å²) in [6.45, 7) is 6.28. The smallest absolute Gasteiger partial charge is 0.415 e. The Kier molecular flexibility index (Phi) is 5.83. The highest BCUT2D eigenvalue weighted by atomic mass is 16.6. The molecule has 0 atom stereocenters. The molecule has 0 aliphatic heterocycles. The van der Waals surface area contributed by atoms with Crippen molar-refractivity contribution in [3.63, 3.8) is 0 Å². The second-order valence-corrected chi connectivity index (χ2v) is 4.39. The van der Waals surface area contributed by atoms with Crippen molar-refractivity contribution >= 4 is 17.9 Å². The van der Waals surface area contributed by atoms with Crippen LogP contribution in [0.3, 0.4) is 0 Å². The lowest BCUT2D eigenvalue weighted by Gasteiger charge is -2.24. The summed E-state index contributed by atoms with van der Waals surface area (Å²) in [6.07, 6.45) is -0.997. The van der Waals surface area contributed by atoms with Gasteiger partial charge in [0.2, 0.25) is 0 Å². The molecule has 0 bridgehead atoms. The fourth-order valence-electron chi connectivity index (χ4n) is 1.67. The van der Waals surface area contributed by atoms with Gasteiger partial charge in [0.05, 0.1) is 7.11 Å². The molecule has 0 aliphatic rings. The molecule has 1 aromatic carbocycles. The Hall–Kier alpha value is -2.24. The van der Waals surface area contributed by atoms with E-state index >= 15 is 0 Å². The Morgan fingerprint density at radius 3 is 2.60 bits per heavy atom. The van der Waals surface area contributed by atoms with E-state index < -0.39 is 12.2 Å². The van der Waals surface area contributed by atoms with Gasteiger partial charge in [-0.1, -0.05) is 6.07 Å². The van der Waals surface area contributed by atoms with Crippen LogP contribution in [0.1, 0.15) is 20.8 Å². The highest BCUT2D eigenvalue weighted by molar-refractivity contribution is 5.84. The van der Waals surface area contributed by atoms with Crippen LogP contribution < -0.4 is 10.1 Å². The third kappa shape index (κ3) is 4.46. The number of methoxy groups -OCH3 is 1. The second kappa shape index (κ2) is 7.37. The van der Waals surface area contributed by atoms with Crippen molar-refractivity contribution < 1.29 is 19.1 Å². The van der Waals surface area contributed by atoms with Gasteiger partial charge in [0.1, 0.15) is 5.75 Å². The minimum atomic E-state index is -0.578. The Bertz CT molecular complexity index is 474. The highest BCUT2D eigenvalue weighted by Gasteiger charge is 2.17. The lowest BCUT2D eigenvalue weighted by molar-refractivity contribution is 0.142. The normalized spacial score (nSPS) is 10.1. The van der Waals surface area contributed by atoms with Crippen LogP contribution >= 0.6 is 0 Å². The summed E-state index contributed by atoms with van der Waals surface area (Å²) in [4.78, 5) is 24.7. The Labute approximate surface area is 118 Å². The van der Waals surface area contributed by atoms with Gasteiger partial charge in [0.15, 0.2) is 0 Å². The molecule has 20 heavy (non-hydrogen) atoms.